The van der Waals surface area contributed by atoms with E-state index in [4.69, 9.17) is 4.74 Å². The van der Waals surface area contributed by atoms with Gasteiger partial charge in [0, 0.05) is 24.8 Å². The normalized spacial score (nSPS) is 23.1. The number of benzene rings is 1. The molecular formula is C21H24Br2F2N2O2. The van der Waals surface area contributed by atoms with Crippen LogP contribution in [-0.2, 0) is 9.53 Å². The molecule has 2 aliphatic rings. The van der Waals surface area contributed by atoms with Crippen LogP contribution in [-0.4, -0.2) is 27.5 Å². The van der Waals surface area contributed by atoms with Gasteiger partial charge in [0.1, 0.15) is 10.7 Å². The molecule has 0 radical (unpaired) electrons. The Balaban J connectivity index is 0.00000240. The molecule has 1 unspecified atom stereocenters. The fourth-order valence-electron chi connectivity index (χ4n) is 4.51. The van der Waals surface area contributed by atoms with E-state index in [1.54, 1.807) is 0 Å². The Morgan fingerprint density at radius 1 is 1.24 bits per heavy atom. The van der Waals surface area contributed by atoms with E-state index in [2.05, 4.69) is 36.8 Å². The molecule has 0 amide bonds. The largest absolute Gasteiger partial charge is 0.463 e. The van der Waals surface area contributed by atoms with Crippen molar-refractivity contribution >= 4 is 37.8 Å². The molecule has 2 heterocycles. The number of imidazole rings is 1. The van der Waals surface area contributed by atoms with E-state index in [9.17, 15) is 4.79 Å². The van der Waals surface area contributed by atoms with Gasteiger partial charge in [-0.25, -0.2) is 13.8 Å². The van der Waals surface area contributed by atoms with Gasteiger partial charge in [0.15, 0.2) is 4.73 Å². The number of fused-ring (bicyclic) bond motifs is 3. The molecule has 2 aromatic rings. The van der Waals surface area contributed by atoms with E-state index in [0.29, 0.717) is 35.0 Å². The molecule has 29 heavy (non-hydrogen) atoms. The van der Waals surface area contributed by atoms with Crippen molar-refractivity contribution in [2.75, 3.05) is 0 Å². The maximum atomic E-state index is 15.3. The zero-order chi connectivity index (χ0) is 20.1. The first-order valence-corrected chi connectivity index (χ1v) is 10.9. The van der Waals surface area contributed by atoms with Crippen LogP contribution in [0.5, 0.6) is 0 Å². The van der Waals surface area contributed by atoms with E-state index in [-0.39, 0.29) is 25.9 Å². The zero-order valence-corrected chi connectivity index (χ0v) is 18.5. The van der Waals surface area contributed by atoms with Gasteiger partial charge in [0.05, 0.1) is 11.7 Å². The van der Waals surface area contributed by atoms with Crippen LogP contribution >= 0.6 is 31.9 Å². The first-order chi connectivity index (χ1) is 13.3. The van der Waals surface area contributed by atoms with Gasteiger partial charge in [-0.2, -0.15) is 0 Å². The van der Waals surface area contributed by atoms with Crippen molar-refractivity contribution in [2.45, 2.75) is 64.5 Å². The second-order valence-corrected chi connectivity index (χ2v) is 9.00. The molecule has 158 valence electrons. The van der Waals surface area contributed by atoms with Gasteiger partial charge >= 0.3 is 5.97 Å². The van der Waals surface area contributed by atoms with Crippen LogP contribution in [0, 0.1) is 5.92 Å². The third-order valence-corrected chi connectivity index (χ3v) is 6.89. The predicted molar refractivity (Wildman–Crippen MR) is 115 cm³/mol. The standard InChI is InChI=1S/C20H20Br2F2N2O2.CH4/c1-11(27)28-13-8-6-12(7-9-13)20(23,24)10-16-14-4-2-3-5-15(14)17-18(21)25-19(22)26(16)17;/h2-5,12-13,16H,6-10H2,1H3;1H4. The lowest BCUT2D eigenvalue weighted by Gasteiger charge is -2.34. The maximum Gasteiger partial charge on any atom is 0.302 e. The summed E-state index contributed by atoms with van der Waals surface area (Å²) in [6, 6.07) is 7.19. The van der Waals surface area contributed by atoms with Crippen molar-refractivity contribution in [2.24, 2.45) is 5.92 Å². The summed E-state index contributed by atoms with van der Waals surface area (Å²) in [5.41, 5.74) is 2.67. The molecule has 0 N–H and O–H groups in total. The third kappa shape index (κ3) is 4.15. The molecule has 1 aromatic heterocycles. The van der Waals surface area contributed by atoms with E-state index >= 15 is 8.78 Å². The summed E-state index contributed by atoms with van der Waals surface area (Å²) < 4.78 is 38.9. The fraction of sp³-hybridized carbons (Fsp3) is 0.524. The zero-order valence-electron chi connectivity index (χ0n) is 15.3. The Morgan fingerprint density at radius 3 is 2.55 bits per heavy atom. The lowest BCUT2D eigenvalue weighted by atomic mass is 9.80. The van der Waals surface area contributed by atoms with Crippen LogP contribution in [0.15, 0.2) is 33.6 Å². The van der Waals surface area contributed by atoms with Crippen LogP contribution in [0.1, 0.15) is 58.1 Å². The Labute approximate surface area is 186 Å². The molecule has 1 aromatic carbocycles. The highest BCUT2D eigenvalue weighted by Crippen LogP contribution is 2.51. The second kappa shape index (κ2) is 8.46. The van der Waals surface area contributed by atoms with E-state index in [1.807, 2.05) is 28.8 Å². The molecule has 4 rings (SSSR count). The molecule has 1 fully saturated rings. The molecule has 1 aliphatic carbocycles. The molecule has 4 nitrogen and oxygen atoms in total. The number of hydrogen-bond donors (Lipinski definition) is 0. The van der Waals surface area contributed by atoms with Gasteiger partial charge in [0.25, 0.3) is 5.92 Å². The minimum Gasteiger partial charge on any atom is -0.463 e. The molecule has 0 spiro atoms. The number of esters is 1. The molecule has 1 aliphatic heterocycles. The average molecular weight is 534 g/mol. The topological polar surface area (TPSA) is 44.1 Å². The van der Waals surface area contributed by atoms with Crippen molar-refractivity contribution < 1.29 is 18.3 Å². The van der Waals surface area contributed by atoms with Crippen molar-refractivity contribution in [1.29, 1.82) is 0 Å². The van der Waals surface area contributed by atoms with Crippen molar-refractivity contribution in [3.8, 4) is 11.3 Å². The van der Waals surface area contributed by atoms with Crippen LogP contribution in [0.4, 0.5) is 8.78 Å². The lowest BCUT2D eigenvalue weighted by Crippen LogP contribution is -2.36. The fourth-order valence-corrected chi connectivity index (χ4v) is 5.92. The molecule has 1 atom stereocenters. The summed E-state index contributed by atoms with van der Waals surface area (Å²) in [5.74, 6) is -3.88. The van der Waals surface area contributed by atoms with Crippen molar-refractivity contribution in [3.63, 3.8) is 0 Å². The molecule has 8 heteroatoms. The number of carbonyl (C=O) groups is 1. The predicted octanol–water partition coefficient (Wildman–Crippen LogP) is 6.76. The quantitative estimate of drug-likeness (QED) is 0.408. The number of nitrogens with zero attached hydrogens (tertiary/aromatic N) is 2. The highest BCUT2D eigenvalue weighted by Gasteiger charge is 2.46. The van der Waals surface area contributed by atoms with Gasteiger partial charge in [-0.3, -0.25) is 4.79 Å². The van der Waals surface area contributed by atoms with Gasteiger partial charge in [-0.15, -0.1) is 0 Å². The Morgan fingerprint density at radius 2 is 1.90 bits per heavy atom. The van der Waals surface area contributed by atoms with Crippen LogP contribution in [0.25, 0.3) is 11.3 Å². The smallest absolute Gasteiger partial charge is 0.302 e. The average Bonchev–Trinajstić information content (AvgIpc) is 3.11. The van der Waals surface area contributed by atoms with E-state index in [0.717, 1.165) is 16.8 Å². The number of hydrogen-bond acceptors (Lipinski definition) is 3. The molecule has 1 saturated carbocycles. The van der Waals surface area contributed by atoms with Crippen LogP contribution in [0.2, 0.25) is 0 Å². The number of alkyl halides is 2. The van der Waals surface area contributed by atoms with E-state index < -0.39 is 17.9 Å². The highest BCUT2D eigenvalue weighted by molar-refractivity contribution is 9.11. The van der Waals surface area contributed by atoms with Gasteiger partial charge < -0.3 is 9.30 Å². The molecule has 0 bridgehead atoms. The number of rotatable bonds is 4. The maximum absolute atomic E-state index is 15.3. The minimum absolute atomic E-state index is 0. The van der Waals surface area contributed by atoms with Crippen molar-refractivity contribution in [3.05, 3.63) is 39.2 Å². The Hall–Kier alpha value is -1.28. The lowest BCUT2D eigenvalue weighted by molar-refractivity contribution is -0.150. The summed E-state index contributed by atoms with van der Waals surface area (Å²) >= 11 is 6.89. The molecule has 0 saturated heterocycles. The second-order valence-electron chi connectivity index (χ2n) is 7.54. The summed E-state index contributed by atoms with van der Waals surface area (Å²) in [6.45, 7) is 1.36. The summed E-state index contributed by atoms with van der Waals surface area (Å²) in [4.78, 5) is 15.5. The number of carbonyl (C=O) groups excluding carboxylic acids is 1. The minimum atomic E-state index is -2.82. The first kappa shape index (κ1) is 22.4. The Kier molecular flexibility index (Phi) is 6.53. The summed E-state index contributed by atoms with van der Waals surface area (Å²) in [7, 11) is 0. The van der Waals surface area contributed by atoms with Crippen molar-refractivity contribution in [1.82, 2.24) is 9.55 Å². The van der Waals surface area contributed by atoms with E-state index in [1.165, 1.54) is 6.92 Å². The highest BCUT2D eigenvalue weighted by atomic mass is 79.9. The number of aromatic nitrogens is 2. The Bertz CT molecular complexity index is 908. The van der Waals surface area contributed by atoms with Gasteiger partial charge in [-0.1, -0.05) is 31.7 Å². The van der Waals surface area contributed by atoms with Crippen LogP contribution < -0.4 is 0 Å². The first-order valence-electron chi connectivity index (χ1n) is 9.35. The summed E-state index contributed by atoms with van der Waals surface area (Å²) in [6.07, 6.45) is 1.20. The number of halogens is 4. The van der Waals surface area contributed by atoms with Gasteiger partial charge in [0.2, 0.25) is 0 Å². The number of ether oxygens (including phenoxy) is 1. The SMILES string of the molecule is C.CC(=O)OC1CCC(C(F)(F)CC2c3ccccc3-c3c(Br)nc(Br)n32)CC1. The molecular weight excluding hydrogens is 510 g/mol. The van der Waals surface area contributed by atoms with Crippen LogP contribution in [0.3, 0.4) is 0 Å². The monoisotopic (exact) mass is 532 g/mol. The van der Waals surface area contributed by atoms with Gasteiger partial charge in [-0.05, 0) is 63.1 Å². The third-order valence-electron chi connectivity index (χ3n) is 5.78. The summed E-state index contributed by atoms with van der Waals surface area (Å²) in [5, 5.41) is 0.